The van der Waals surface area contributed by atoms with Crippen LogP contribution < -0.4 is 5.48 Å². The van der Waals surface area contributed by atoms with Crippen molar-refractivity contribution in [1.82, 2.24) is 10.4 Å². The highest BCUT2D eigenvalue weighted by Gasteiger charge is 2.27. The number of rotatable bonds is 3. The van der Waals surface area contributed by atoms with Crippen LogP contribution in [0.3, 0.4) is 0 Å². The lowest BCUT2D eigenvalue weighted by Gasteiger charge is -2.17. The maximum atomic E-state index is 11.1. The van der Waals surface area contributed by atoms with E-state index in [2.05, 4.69) is 5.48 Å². The van der Waals surface area contributed by atoms with Crippen LogP contribution in [-0.4, -0.2) is 36.3 Å². The van der Waals surface area contributed by atoms with E-state index in [1.54, 1.807) is 18.1 Å². The van der Waals surface area contributed by atoms with E-state index in [1.165, 1.54) is 13.0 Å². The number of carbonyl (C=O) groups excluding carboxylic acids is 2. The summed E-state index contributed by atoms with van der Waals surface area (Å²) in [6.07, 6.45) is 2.98. The van der Waals surface area contributed by atoms with Gasteiger partial charge < -0.3 is 4.90 Å². The van der Waals surface area contributed by atoms with Gasteiger partial charge in [0.25, 0.3) is 5.91 Å². The molecule has 1 atom stereocenters. The molecule has 1 fully saturated rings. The van der Waals surface area contributed by atoms with E-state index in [-0.39, 0.29) is 17.7 Å². The van der Waals surface area contributed by atoms with Crippen molar-refractivity contribution in [2.75, 3.05) is 13.7 Å². The van der Waals surface area contributed by atoms with Gasteiger partial charge in [0, 0.05) is 13.2 Å². The summed E-state index contributed by atoms with van der Waals surface area (Å²) in [5.41, 5.74) is 2.24. The highest BCUT2D eigenvalue weighted by molar-refractivity contribution is 5.87. The Morgan fingerprint density at radius 3 is 2.92 bits per heavy atom. The number of nitrogens with zero attached hydrogens (tertiary/aromatic N) is 1. The Kier molecular flexibility index (Phi) is 3.02. The van der Waals surface area contributed by atoms with Crippen LogP contribution in [0.5, 0.6) is 0 Å². The summed E-state index contributed by atoms with van der Waals surface area (Å²) in [6, 6.07) is -0.337. The Bertz CT molecular complexity index is 250. The third-order valence-electron chi connectivity index (χ3n) is 1.75. The van der Waals surface area contributed by atoms with Gasteiger partial charge in [0.2, 0.25) is 0 Å². The third kappa shape index (κ3) is 2.55. The van der Waals surface area contributed by atoms with E-state index in [0.717, 1.165) is 0 Å². The van der Waals surface area contributed by atoms with E-state index >= 15 is 0 Å². The average molecular weight is 184 g/mol. The van der Waals surface area contributed by atoms with E-state index in [4.69, 9.17) is 4.84 Å². The zero-order valence-corrected chi connectivity index (χ0v) is 7.61. The lowest BCUT2D eigenvalue weighted by Crippen LogP contribution is -2.36. The van der Waals surface area contributed by atoms with Gasteiger partial charge in [-0.3, -0.25) is 14.4 Å². The Hall–Kier alpha value is -1.36. The van der Waals surface area contributed by atoms with Crippen molar-refractivity contribution < 1.29 is 14.4 Å². The lowest BCUT2D eigenvalue weighted by atomic mass is 10.3. The number of hydrogen-bond acceptors (Lipinski definition) is 4. The van der Waals surface area contributed by atoms with Crippen LogP contribution in [0.4, 0.5) is 0 Å². The van der Waals surface area contributed by atoms with Crippen molar-refractivity contribution in [3.05, 3.63) is 12.3 Å². The first-order chi connectivity index (χ1) is 6.11. The second kappa shape index (κ2) is 4.04. The molecule has 13 heavy (non-hydrogen) atoms. The molecule has 0 aliphatic carbocycles. The van der Waals surface area contributed by atoms with Gasteiger partial charge in [0.1, 0.15) is 12.6 Å². The molecule has 1 aliphatic heterocycles. The lowest BCUT2D eigenvalue weighted by molar-refractivity contribution is -0.126. The fraction of sp³-hybridized carbons (Fsp3) is 0.500. The van der Waals surface area contributed by atoms with Gasteiger partial charge in [-0.05, 0) is 13.0 Å². The van der Waals surface area contributed by atoms with Crippen LogP contribution >= 0.6 is 0 Å². The Morgan fingerprint density at radius 2 is 2.46 bits per heavy atom. The molecule has 5 nitrogen and oxygen atoms in total. The monoisotopic (exact) mass is 184 g/mol. The van der Waals surface area contributed by atoms with Gasteiger partial charge in [-0.2, -0.15) is 0 Å². The average Bonchev–Trinajstić information content (AvgIpc) is 2.47. The molecule has 1 unspecified atom stereocenters. The number of ketones is 1. The van der Waals surface area contributed by atoms with Crippen molar-refractivity contribution in [2.45, 2.75) is 13.0 Å². The first kappa shape index (κ1) is 9.73. The number of likely N-dealkylation sites (N-methyl/N-ethyl adjacent to an activating group) is 1. The SMILES string of the molecule is CC(=O)/C=C/N(C)C1CONC1=O. The Balaban J connectivity index is 2.51. The van der Waals surface area contributed by atoms with Crippen molar-refractivity contribution in [3.63, 3.8) is 0 Å². The minimum absolute atomic E-state index is 0.0498. The predicted molar refractivity (Wildman–Crippen MR) is 45.5 cm³/mol. The molecule has 0 bridgehead atoms. The number of hydrogen-bond donors (Lipinski definition) is 1. The van der Waals surface area contributed by atoms with Crippen molar-refractivity contribution in [1.29, 1.82) is 0 Å². The van der Waals surface area contributed by atoms with Crippen LogP contribution in [-0.2, 0) is 14.4 Å². The fourth-order valence-corrected chi connectivity index (χ4v) is 0.964. The molecule has 1 saturated heterocycles. The molecule has 5 heteroatoms. The summed E-state index contributed by atoms with van der Waals surface area (Å²) in [5.74, 6) is -0.234. The molecule has 0 aromatic heterocycles. The number of allylic oxidation sites excluding steroid dienone is 1. The largest absolute Gasteiger partial charge is 0.367 e. The summed E-state index contributed by atoms with van der Waals surface area (Å²) < 4.78 is 0. The highest BCUT2D eigenvalue weighted by atomic mass is 16.7. The second-order valence-corrected chi connectivity index (χ2v) is 2.88. The molecule has 1 aliphatic rings. The number of nitrogens with one attached hydrogen (secondary N) is 1. The van der Waals surface area contributed by atoms with Crippen LogP contribution in [0.15, 0.2) is 12.3 Å². The summed E-state index contributed by atoms with van der Waals surface area (Å²) in [5, 5.41) is 0. The first-order valence-corrected chi connectivity index (χ1v) is 3.93. The molecule has 0 saturated carbocycles. The summed E-state index contributed by atoms with van der Waals surface area (Å²) in [4.78, 5) is 28.0. The molecule has 0 spiro atoms. The Morgan fingerprint density at radius 1 is 1.77 bits per heavy atom. The van der Waals surface area contributed by atoms with Gasteiger partial charge in [0.15, 0.2) is 5.78 Å². The highest BCUT2D eigenvalue weighted by Crippen LogP contribution is 2.03. The third-order valence-corrected chi connectivity index (χ3v) is 1.75. The van der Waals surface area contributed by atoms with E-state index in [1.807, 2.05) is 0 Å². The van der Waals surface area contributed by atoms with Crippen LogP contribution in [0.1, 0.15) is 6.92 Å². The van der Waals surface area contributed by atoms with Crippen LogP contribution in [0.25, 0.3) is 0 Å². The van der Waals surface area contributed by atoms with Gasteiger partial charge >= 0.3 is 0 Å². The molecule has 0 aromatic rings. The molecule has 1 heterocycles. The molecule has 1 rings (SSSR count). The standard InChI is InChI=1S/C8H12N2O3/c1-6(11)3-4-10(2)7-5-13-9-8(7)12/h3-4,7H,5H2,1-2H3,(H,9,12)/b4-3+. The summed E-state index contributed by atoms with van der Waals surface area (Å²) in [7, 11) is 1.72. The van der Waals surface area contributed by atoms with Crippen molar-refractivity contribution in [2.24, 2.45) is 0 Å². The van der Waals surface area contributed by atoms with Crippen molar-refractivity contribution >= 4 is 11.7 Å². The van der Waals surface area contributed by atoms with Gasteiger partial charge in [0.05, 0.1) is 0 Å². The zero-order valence-electron chi connectivity index (χ0n) is 7.61. The smallest absolute Gasteiger partial charge is 0.268 e. The normalized spacial score (nSPS) is 22.0. The predicted octanol–water partition coefficient (Wildman–Crippen LogP) is -0.549. The quantitative estimate of drug-likeness (QED) is 0.598. The molecule has 1 N–H and O–H groups in total. The number of amides is 1. The maximum absolute atomic E-state index is 11.1. The fourth-order valence-electron chi connectivity index (χ4n) is 0.964. The first-order valence-electron chi connectivity index (χ1n) is 3.93. The van der Waals surface area contributed by atoms with Crippen LogP contribution in [0.2, 0.25) is 0 Å². The van der Waals surface area contributed by atoms with Gasteiger partial charge in [-0.25, -0.2) is 5.48 Å². The molecule has 72 valence electrons. The topological polar surface area (TPSA) is 58.6 Å². The van der Waals surface area contributed by atoms with E-state index < -0.39 is 0 Å². The minimum atomic E-state index is -0.337. The summed E-state index contributed by atoms with van der Waals surface area (Å²) in [6.45, 7) is 1.76. The zero-order chi connectivity index (χ0) is 9.84. The molecular formula is C8H12N2O3. The van der Waals surface area contributed by atoms with Gasteiger partial charge in [-0.1, -0.05) is 0 Å². The van der Waals surface area contributed by atoms with Crippen LogP contribution in [0, 0.1) is 0 Å². The molecular weight excluding hydrogens is 172 g/mol. The van der Waals surface area contributed by atoms with Crippen molar-refractivity contribution in [3.8, 4) is 0 Å². The van der Waals surface area contributed by atoms with Gasteiger partial charge in [-0.15, -0.1) is 0 Å². The molecule has 1 amide bonds. The van der Waals surface area contributed by atoms with E-state index in [0.29, 0.717) is 6.61 Å². The molecule has 0 radical (unpaired) electrons. The summed E-state index contributed by atoms with van der Waals surface area (Å²) >= 11 is 0. The second-order valence-electron chi connectivity index (χ2n) is 2.88. The molecule has 0 aromatic carbocycles. The Labute approximate surface area is 76.3 Å². The maximum Gasteiger partial charge on any atom is 0.268 e. The number of carbonyl (C=O) groups is 2. The number of hydroxylamine groups is 1. The minimum Gasteiger partial charge on any atom is -0.367 e. The van der Waals surface area contributed by atoms with E-state index in [9.17, 15) is 9.59 Å².